The van der Waals surface area contributed by atoms with Gasteiger partial charge in [0.25, 0.3) is 5.91 Å². The van der Waals surface area contributed by atoms with Gasteiger partial charge in [0.1, 0.15) is 11.3 Å². The summed E-state index contributed by atoms with van der Waals surface area (Å²) in [6.45, 7) is 2.11. The molecule has 2 amide bonds. The molecule has 0 bridgehead atoms. The van der Waals surface area contributed by atoms with E-state index in [0.29, 0.717) is 25.2 Å². The Morgan fingerprint density at radius 2 is 1.75 bits per heavy atom. The quantitative estimate of drug-likeness (QED) is 0.546. The van der Waals surface area contributed by atoms with E-state index in [2.05, 4.69) is 21.4 Å². The van der Waals surface area contributed by atoms with Crippen molar-refractivity contribution in [3.63, 3.8) is 0 Å². The lowest BCUT2D eigenvalue weighted by Crippen LogP contribution is -2.34. The van der Waals surface area contributed by atoms with Crippen LogP contribution in [0.4, 0.5) is 5.69 Å². The van der Waals surface area contributed by atoms with Crippen molar-refractivity contribution in [3.05, 3.63) is 66.7 Å². The van der Waals surface area contributed by atoms with Gasteiger partial charge in [-0.2, -0.15) is 0 Å². The van der Waals surface area contributed by atoms with E-state index in [-0.39, 0.29) is 11.8 Å². The highest BCUT2D eigenvalue weighted by Gasteiger charge is 2.23. The van der Waals surface area contributed by atoms with Crippen molar-refractivity contribution in [2.24, 2.45) is 0 Å². The fraction of sp³-hybridized carbons (Fsp3) is 0.200. The van der Waals surface area contributed by atoms with Crippen LogP contribution in [0.2, 0.25) is 0 Å². The van der Waals surface area contributed by atoms with Gasteiger partial charge in [-0.25, -0.2) is 4.98 Å². The summed E-state index contributed by atoms with van der Waals surface area (Å²) < 4.78 is 1.98. The summed E-state index contributed by atoms with van der Waals surface area (Å²) in [5.74, 6) is 0.121. The zero-order valence-corrected chi connectivity index (χ0v) is 17.4. The number of carbonyl (C=O) groups is 2. The molecule has 0 aliphatic carbocycles. The van der Waals surface area contributed by atoms with Gasteiger partial charge in [-0.05, 0) is 47.9 Å². The van der Waals surface area contributed by atoms with E-state index in [0.717, 1.165) is 51.9 Å². The third kappa shape index (κ3) is 2.97. The molecule has 1 fully saturated rings. The SMILES string of the molecule is O=C1NCCn2c1cc1c(-c3cncc(-c4ccc(N5CCCC5=O)cc4)c3)ccnc12. The molecule has 0 atom stereocenters. The van der Waals surface area contributed by atoms with Crippen molar-refractivity contribution in [2.45, 2.75) is 19.4 Å². The predicted octanol–water partition coefficient (Wildman–Crippen LogP) is 3.64. The van der Waals surface area contributed by atoms with Gasteiger partial charge < -0.3 is 14.8 Å². The number of pyridine rings is 2. The maximum atomic E-state index is 12.3. The molecule has 5 heterocycles. The van der Waals surface area contributed by atoms with Gasteiger partial charge in [0.05, 0.1) is 0 Å². The number of fused-ring (bicyclic) bond motifs is 3. The van der Waals surface area contributed by atoms with Gasteiger partial charge in [-0.3, -0.25) is 14.6 Å². The Kier molecular flexibility index (Phi) is 4.28. The molecule has 4 aromatic rings. The Balaban J connectivity index is 1.39. The van der Waals surface area contributed by atoms with Crippen molar-refractivity contribution in [1.29, 1.82) is 0 Å². The van der Waals surface area contributed by atoms with Crippen LogP contribution in [0.1, 0.15) is 23.3 Å². The molecule has 3 aromatic heterocycles. The van der Waals surface area contributed by atoms with Crippen molar-refractivity contribution in [1.82, 2.24) is 19.9 Å². The third-order valence-corrected chi connectivity index (χ3v) is 6.29. The molecule has 1 saturated heterocycles. The molecule has 7 heteroatoms. The van der Waals surface area contributed by atoms with Crippen molar-refractivity contribution < 1.29 is 9.59 Å². The molecule has 1 N–H and O–H groups in total. The highest BCUT2D eigenvalue weighted by Crippen LogP contribution is 2.33. The van der Waals surface area contributed by atoms with E-state index >= 15 is 0 Å². The highest BCUT2D eigenvalue weighted by atomic mass is 16.2. The molecule has 1 aromatic carbocycles. The van der Waals surface area contributed by atoms with E-state index in [1.807, 2.05) is 58.3 Å². The minimum atomic E-state index is -0.0661. The van der Waals surface area contributed by atoms with Crippen LogP contribution in [-0.4, -0.2) is 39.4 Å². The maximum Gasteiger partial charge on any atom is 0.268 e. The lowest BCUT2D eigenvalue weighted by atomic mass is 10.0. The second-order valence-corrected chi connectivity index (χ2v) is 8.19. The fourth-order valence-corrected chi connectivity index (χ4v) is 4.69. The number of nitrogens with zero attached hydrogens (tertiary/aromatic N) is 4. The Morgan fingerprint density at radius 3 is 2.56 bits per heavy atom. The first-order valence-electron chi connectivity index (χ1n) is 10.8. The van der Waals surface area contributed by atoms with Crippen LogP contribution in [-0.2, 0) is 11.3 Å². The minimum Gasteiger partial charge on any atom is -0.349 e. The smallest absolute Gasteiger partial charge is 0.268 e. The zero-order chi connectivity index (χ0) is 21.7. The topological polar surface area (TPSA) is 80.1 Å². The van der Waals surface area contributed by atoms with Gasteiger partial charge >= 0.3 is 0 Å². The van der Waals surface area contributed by atoms with Gasteiger partial charge in [0.15, 0.2) is 0 Å². The van der Waals surface area contributed by atoms with E-state index in [1.54, 1.807) is 6.20 Å². The van der Waals surface area contributed by atoms with Crippen LogP contribution in [0.25, 0.3) is 33.3 Å². The summed E-state index contributed by atoms with van der Waals surface area (Å²) in [7, 11) is 0. The average molecular weight is 423 g/mol. The first kappa shape index (κ1) is 18.7. The summed E-state index contributed by atoms with van der Waals surface area (Å²) in [5.41, 5.74) is 6.40. The molecular weight excluding hydrogens is 402 g/mol. The summed E-state index contributed by atoms with van der Waals surface area (Å²) in [6, 6.07) is 14.0. The number of nitrogens with one attached hydrogen (secondary N) is 1. The number of benzene rings is 1. The Hall–Kier alpha value is -4.00. The third-order valence-electron chi connectivity index (χ3n) is 6.29. The van der Waals surface area contributed by atoms with E-state index in [1.165, 1.54) is 0 Å². The number of rotatable bonds is 3. The molecular formula is C25H21N5O2. The van der Waals surface area contributed by atoms with E-state index in [9.17, 15) is 9.59 Å². The summed E-state index contributed by atoms with van der Waals surface area (Å²) in [5, 5.41) is 3.84. The Bertz CT molecular complexity index is 1370. The van der Waals surface area contributed by atoms with Crippen LogP contribution >= 0.6 is 0 Å². The van der Waals surface area contributed by atoms with Crippen LogP contribution in [0.3, 0.4) is 0 Å². The van der Waals surface area contributed by atoms with Crippen LogP contribution in [0.5, 0.6) is 0 Å². The largest absolute Gasteiger partial charge is 0.349 e. The molecule has 2 aliphatic heterocycles. The molecule has 6 rings (SSSR count). The number of amides is 2. The van der Waals surface area contributed by atoms with Gasteiger partial charge in [-0.1, -0.05) is 12.1 Å². The normalized spacial score (nSPS) is 15.8. The van der Waals surface area contributed by atoms with Gasteiger partial charge in [0, 0.05) is 66.8 Å². The fourth-order valence-electron chi connectivity index (χ4n) is 4.69. The summed E-state index contributed by atoms with van der Waals surface area (Å²) >= 11 is 0. The summed E-state index contributed by atoms with van der Waals surface area (Å²) in [4.78, 5) is 35.2. The molecule has 2 aliphatic rings. The predicted molar refractivity (Wildman–Crippen MR) is 122 cm³/mol. The molecule has 0 unspecified atom stereocenters. The molecule has 7 nitrogen and oxygen atoms in total. The number of anilines is 1. The molecule has 0 saturated carbocycles. The average Bonchev–Trinajstić information content (AvgIpc) is 3.43. The summed E-state index contributed by atoms with van der Waals surface area (Å²) in [6.07, 6.45) is 7.01. The maximum absolute atomic E-state index is 12.3. The highest BCUT2D eigenvalue weighted by molar-refractivity contribution is 6.03. The lowest BCUT2D eigenvalue weighted by Gasteiger charge is -2.16. The number of hydrogen-bond donors (Lipinski definition) is 1. The monoisotopic (exact) mass is 423 g/mol. The molecule has 158 valence electrons. The van der Waals surface area contributed by atoms with E-state index < -0.39 is 0 Å². The van der Waals surface area contributed by atoms with Crippen LogP contribution < -0.4 is 10.2 Å². The van der Waals surface area contributed by atoms with Crippen LogP contribution in [0.15, 0.2) is 61.1 Å². The minimum absolute atomic E-state index is 0.0661. The molecule has 0 radical (unpaired) electrons. The Morgan fingerprint density at radius 1 is 0.906 bits per heavy atom. The van der Waals surface area contributed by atoms with Crippen LogP contribution in [0, 0.1) is 0 Å². The molecule has 32 heavy (non-hydrogen) atoms. The second-order valence-electron chi connectivity index (χ2n) is 8.19. The zero-order valence-electron chi connectivity index (χ0n) is 17.4. The standard InChI is InChI=1S/C25H21N5O2/c31-23-2-1-10-29(23)19-5-3-16(4-6-19)17-12-18(15-26-14-17)20-7-8-27-24-21(20)13-22-25(32)28-9-11-30(22)24/h3-8,12-15H,1-2,9-11H2,(H,28,32). The van der Waals surface area contributed by atoms with E-state index in [4.69, 9.17) is 0 Å². The van der Waals surface area contributed by atoms with Gasteiger partial charge in [0.2, 0.25) is 5.91 Å². The lowest BCUT2D eigenvalue weighted by molar-refractivity contribution is -0.117. The number of carbonyl (C=O) groups excluding carboxylic acids is 2. The van der Waals surface area contributed by atoms with Crippen molar-refractivity contribution in [2.75, 3.05) is 18.0 Å². The number of hydrogen-bond acceptors (Lipinski definition) is 4. The first-order valence-corrected chi connectivity index (χ1v) is 10.8. The second kappa shape index (κ2) is 7.30. The first-order chi connectivity index (χ1) is 15.7. The van der Waals surface area contributed by atoms with Crippen molar-refractivity contribution >= 4 is 28.5 Å². The Labute approximate surface area is 184 Å². The molecule has 0 spiro atoms. The number of aromatic nitrogens is 3. The van der Waals surface area contributed by atoms with Crippen molar-refractivity contribution in [3.8, 4) is 22.3 Å². The van der Waals surface area contributed by atoms with Gasteiger partial charge in [-0.15, -0.1) is 0 Å².